The minimum absolute atomic E-state index is 0.529. The first-order valence-electron chi connectivity index (χ1n) is 8.64. The molecule has 0 radical (unpaired) electrons. The Labute approximate surface area is 174 Å². The predicted octanol–water partition coefficient (Wildman–Crippen LogP) is 5.35. The molecule has 0 bridgehead atoms. The highest BCUT2D eigenvalue weighted by atomic mass is 35.5. The maximum atomic E-state index is 5.96. The van der Waals surface area contributed by atoms with Crippen molar-refractivity contribution in [2.24, 2.45) is 0 Å². The fourth-order valence-electron chi connectivity index (χ4n) is 2.73. The molecule has 1 heterocycles. The highest BCUT2D eigenvalue weighted by Crippen LogP contribution is 2.28. The van der Waals surface area contributed by atoms with Crippen LogP contribution in [0.1, 0.15) is 11.3 Å². The Kier molecular flexibility index (Phi) is 6.79. The molecule has 2 aromatic carbocycles. The fourth-order valence-corrected chi connectivity index (χ4v) is 3.10. The molecule has 0 saturated heterocycles. The van der Waals surface area contributed by atoms with E-state index in [1.54, 1.807) is 20.5 Å². The summed E-state index contributed by atoms with van der Waals surface area (Å²) in [5, 5.41) is 4.51. The Hall–Kier alpha value is -2.70. The Balaban J connectivity index is 1.80. The number of hydrogen-bond donors (Lipinski definition) is 1. The topological polar surface area (TPSA) is 46.9 Å². The van der Waals surface area contributed by atoms with Crippen LogP contribution in [0.5, 0.6) is 11.5 Å². The normalized spacial score (nSPS) is 10.4. The fraction of sp³-hybridized carbons (Fsp3) is 0.190. The highest BCUT2D eigenvalue weighted by molar-refractivity contribution is 7.80. The third kappa shape index (κ3) is 5.18. The van der Waals surface area contributed by atoms with Crippen molar-refractivity contribution in [3.05, 3.63) is 77.2 Å². The summed E-state index contributed by atoms with van der Waals surface area (Å²) in [5.41, 5.74) is 1.90. The van der Waals surface area contributed by atoms with Crippen molar-refractivity contribution < 1.29 is 13.9 Å². The first-order valence-corrected chi connectivity index (χ1v) is 9.42. The van der Waals surface area contributed by atoms with Crippen LogP contribution in [0.3, 0.4) is 0 Å². The minimum Gasteiger partial charge on any atom is -0.493 e. The first-order chi connectivity index (χ1) is 13.6. The van der Waals surface area contributed by atoms with Gasteiger partial charge in [-0.15, -0.1) is 0 Å². The lowest BCUT2D eigenvalue weighted by molar-refractivity contribution is 0.348. The van der Waals surface area contributed by atoms with Gasteiger partial charge in [-0.3, -0.25) is 0 Å². The monoisotopic (exact) mass is 416 g/mol. The second kappa shape index (κ2) is 9.48. The van der Waals surface area contributed by atoms with E-state index < -0.39 is 0 Å². The van der Waals surface area contributed by atoms with Gasteiger partial charge in [0.05, 0.1) is 27.0 Å². The molecule has 5 nitrogen and oxygen atoms in total. The van der Waals surface area contributed by atoms with Crippen molar-refractivity contribution in [2.75, 3.05) is 19.5 Å². The summed E-state index contributed by atoms with van der Waals surface area (Å²) in [6, 6.07) is 17.0. The number of nitrogens with one attached hydrogen (secondary N) is 1. The molecule has 1 N–H and O–H groups in total. The maximum Gasteiger partial charge on any atom is 0.174 e. The number of anilines is 1. The predicted molar refractivity (Wildman–Crippen MR) is 115 cm³/mol. The van der Waals surface area contributed by atoms with Gasteiger partial charge in [-0.1, -0.05) is 17.7 Å². The molecule has 0 spiro atoms. The van der Waals surface area contributed by atoms with Crippen molar-refractivity contribution in [1.29, 1.82) is 0 Å². The summed E-state index contributed by atoms with van der Waals surface area (Å²) < 4.78 is 16.2. The molecule has 28 heavy (non-hydrogen) atoms. The number of hydrogen-bond acceptors (Lipinski definition) is 4. The number of benzene rings is 2. The van der Waals surface area contributed by atoms with Crippen molar-refractivity contribution in [2.45, 2.75) is 13.1 Å². The number of nitrogens with zero attached hydrogens (tertiary/aromatic N) is 1. The molecule has 0 saturated carbocycles. The van der Waals surface area contributed by atoms with E-state index in [4.69, 9.17) is 37.7 Å². The summed E-state index contributed by atoms with van der Waals surface area (Å²) in [7, 11) is 3.24. The van der Waals surface area contributed by atoms with E-state index in [0.717, 1.165) is 17.0 Å². The van der Waals surface area contributed by atoms with Gasteiger partial charge in [0.25, 0.3) is 0 Å². The van der Waals surface area contributed by atoms with Crippen molar-refractivity contribution in [1.82, 2.24) is 4.90 Å². The van der Waals surface area contributed by atoms with Crippen LogP contribution in [0.25, 0.3) is 0 Å². The Bertz CT molecular complexity index is 914. The van der Waals surface area contributed by atoms with Crippen LogP contribution in [-0.2, 0) is 13.1 Å². The van der Waals surface area contributed by atoms with Gasteiger partial charge in [-0.2, -0.15) is 0 Å². The van der Waals surface area contributed by atoms with Gasteiger partial charge >= 0.3 is 0 Å². The molecule has 1 aromatic heterocycles. The summed E-state index contributed by atoms with van der Waals surface area (Å²) >= 11 is 11.6. The van der Waals surface area contributed by atoms with Gasteiger partial charge in [0, 0.05) is 17.3 Å². The molecule has 0 amide bonds. The number of rotatable bonds is 7. The Morgan fingerprint density at radius 3 is 2.43 bits per heavy atom. The van der Waals surface area contributed by atoms with Crippen molar-refractivity contribution >= 4 is 34.6 Å². The van der Waals surface area contributed by atoms with Gasteiger partial charge in [-0.05, 0) is 66.3 Å². The van der Waals surface area contributed by atoms with Crippen molar-refractivity contribution in [3.63, 3.8) is 0 Å². The lowest BCUT2D eigenvalue weighted by Crippen LogP contribution is -2.33. The molecule has 146 valence electrons. The molecule has 0 fully saturated rings. The highest BCUT2D eigenvalue weighted by Gasteiger charge is 2.15. The second-order valence-corrected chi connectivity index (χ2v) is 6.88. The van der Waals surface area contributed by atoms with Gasteiger partial charge < -0.3 is 24.1 Å². The molecule has 0 atom stereocenters. The maximum absolute atomic E-state index is 5.96. The van der Waals surface area contributed by atoms with Crippen LogP contribution in [0.2, 0.25) is 5.02 Å². The molecule has 3 rings (SSSR count). The molecule has 0 aliphatic heterocycles. The summed E-state index contributed by atoms with van der Waals surface area (Å²) in [6.07, 6.45) is 1.65. The van der Waals surface area contributed by atoms with Crippen LogP contribution < -0.4 is 14.8 Å². The number of furan rings is 1. The van der Waals surface area contributed by atoms with Crippen LogP contribution in [-0.4, -0.2) is 24.2 Å². The molecule has 0 unspecified atom stereocenters. The van der Waals surface area contributed by atoms with E-state index in [0.29, 0.717) is 34.7 Å². The van der Waals surface area contributed by atoms with Gasteiger partial charge in [-0.25, -0.2) is 0 Å². The van der Waals surface area contributed by atoms with Crippen LogP contribution in [0.15, 0.2) is 65.3 Å². The molecular formula is C21H21ClN2O3S. The third-order valence-electron chi connectivity index (χ3n) is 4.13. The van der Waals surface area contributed by atoms with E-state index in [-0.39, 0.29) is 0 Å². The average Bonchev–Trinajstić information content (AvgIpc) is 3.22. The van der Waals surface area contributed by atoms with Crippen LogP contribution >= 0.6 is 23.8 Å². The second-order valence-electron chi connectivity index (χ2n) is 6.06. The number of ether oxygens (including phenoxy) is 2. The Morgan fingerprint density at radius 2 is 1.79 bits per heavy atom. The number of thiocarbonyl (C=S) groups is 1. The molecule has 7 heteroatoms. The average molecular weight is 417 g/mol. The molecular weight excluding hydrogens is 396 g/mol. The van der Waals surface area contributed by atoms with E-state index in [1.807, 2.05) is 59.5 Å². The van der Waals surface area contributed by atoms with Crippen LogP contribution in [0, 0.1) is 0 Å². The minimum atomic E-state index is 0.529. The van der Waals surface area contributed by atoms with Crippen LogP contribution in [0.4, 0.5) is 5.69 Å². The van der Waals surface area contributed by atoms with E-state index in [1.165, 1.54) is 0 Å². The van der Waals surface area contributed by atoms with E-state index in [9.17, 15) is 0 Å². The largest absolute Gasteiger partial charge is 0.493 e. The summed E-state index contributed by atoms with van der Waals surface area (Å²) in [5.74, 6) is 2.18. The number of methoxy groups -OCH3 is 2. The zero-order valence-corrected chi connectivity index (χ0v) is 17.2. The Morgan fingerprint density at radius 1 is 1.04 bits per heavy atom. The first kappa shape index (κ1) is 20.0. The van der Waals surface area contributed by atoms with Gasteiger partial charge in [0.15, 0.2) is 16.6 Å². The SMILES string of the molecule is COc1ccc(CN(Cc2ccco2)C(=S)Nc2ccc(Cl)cc2)cc1OC. The lowest BCUT2D eigenvalue weighted by Gasteiger charge is -2.25. The van der Waals surface area contributed by atoms with E-state index >= 15 is 0 Å². The molecule has 3 aromatic rings. The standard InChI is InChI=1S/C21H21ClN2O3S/c1-25-19-10-5-15(12-20(19)26-2)13-24(14-18-4-3-11-27-18)21(28)23-17-8-6-16(22)7-9-17/h3-12H,13-14H2,1-2H3,(H,23,28). The van der Waals surface area contributed by atoms with Gasteiger partial charge in [0.1, 0.15) is 5.76 Å². The zero-order chi connectivity index (χ0) is 19.9. The lowest BCUT2D eigenvalue weighted by atomic mass is 10.2. The summed E-state index contributed by atoms with van der Waals surface area (Å²) in [6.45, 7) is 1.10. The zero-order valence-electron chi connectivity index (χ0n) is 15.6. The molecule has 0 aliphatic carbocycles. The third-order valence-corrected chi connectivity index (χ3v) is 4.74. The smallest absolute Gasteiger partial charge is 0.174 e. The van der Waals surface area contributed by atoms with Gasteiger partial charge in [0.2, 0.25) is 0 Å². The number of halogens is 1. The van der Waals surface area contributed by atoms with Crippen molar-refractivity contribution in [3.8, 4) is 11.5 Å². The quantitative estimate of drug-likeness (QED) is 0.524. The molecule has 0 aliphatic rings. The van der Waals surface area contributed by atoms with E-state index in [2.05, 4.69) is 5.32 Å². The summed E-state index contributed by atoms with van der Waals surface area (Å²) in [4.78, 5) is 2.02.